The van der Waals surface area contributed by atoms with Crippen molar-refractivity contribution in [1.82, 2.24) is 5.32 Å². The fraction of sp³-hybridized carbons (Fsp3) is 1.00. The highest BCUT2D eigenvalue weighted by Crippen LogP contribution is 2.21. The van der Waals surface area contributed by atoms with Crippen LogP contribution in [0.4, 0.5) is 0 Å². The molecule has 1 aliphatic carbocycles. The third-order valence-electron chi connectivity index (χ3n) is 3.10. The summed E-state index contributed by atoms with van der Waals surface area (Å²) in [4.78, 5) is 0. The largest absolute Gasteiger partial charge is 0.379 e. The molecule has 16 heavy (non-hydrogen) atoms. The maximum atomic E-state index is 5.79. The van der Waals surface area contributed by atoms with Crippen molar-refractivity contribution < 1.29 is 9.47 Å². The molecule has 0 bridgehead atoms. The molecule has 3 heteroatoms. The van der Waals surface area contributed by atoms with E-state index in [2.05, 4.69) is 19.2 Å². The number of rotatable bonds is 9. The van der Waals surface area contributed by atoms with E-state index in [1.807, 2.05) is 0 Å². The summed E-state index contributed by atoms with van der Waals surface area (Å²) in [5.41, 5.74) is 0. The van der Waals surface area contributed by atoms with Crippen LogP contribution in [0.3, 0.4) is 0 Å². The summed E-state index contributed by atoms with van der Waals surface area (Å²) in [6, 6.07) is 0.677. The Hall–Kier alpha value is -0.120. The normalized spacial score (nSPS) is 25.1. The number of hydrogen-bond donors (Lipinski definition) is 1. The lowest BCUT2D eigenvalue weighted by molar-refractivity contribution is 0.00654. The van der Waals surface area contributed by atoms with Gasteiger partial charge >= 0.3 is 0 Å². The van der Waals surface area contributed by atoms with Gasteiger partial charge in [0.1, 0.15) is 0 Å². The van der Waals surface area contributed by atoms with E-state index in [1.54, 1.807) is 0 Å². The van der Waals surface area contributed by atoms with Gasteiger partial charge in [0.25, 0.3) is 0 Å². The van der Waals surface area contributed by atoms with Gasteiger partial charge in [-0.05, 0) is 32.2 Å². The summed E-state index contributed by atoms with van der Waals surface area (Å²) in [6.45, 7) is 7.80. The Balaban J connectivity index is 1.90. The molecule has 1 rings (SSSR count). The zero-order chi connectivity index (χ0) is 11.6. The molecule has 1 fully saturated rings. The highest BCUT2D eigenvalue weighted by molar-refractivity contribution is 4.80. The first-order valence-electron chi connectivity index (χ1n) is 6.79. The average Bonchev–Trinajstić information content (AvgIpc) is 2.72. The van der Waals surface area contributed by atoms with Gasteiger partial charge in [-0.3, -0.25) is 0 Å². The van der Waals surface area contributed by atoms with E-state index >= 15 is 0 Å². The summed E-state index contributed by atoms with van der Waals surface area (Å²) >= 11 is 0. The summed E-state index contributed by atoms with van der Waals surface area (Å²) in [5, 5.41) is 3.48. The molecule has 2 unspecified atom stereocenters. The summed E-state index contributed by atoms with van der Waals surface area (Å²) in [6.07, 6.45) is 6.45. The van der Waals surface area contributed by atoms with Gasteiger partial charge in [0, 0.05) is 12.6 Å². The Morgan fingerprint density at radius 2 is 2.00 bits per heavy atom. The molecule has 1 saturated carbocycles. The lowest BCUT2D eigenvalue weighted by Gasteiger charge is -2.13. The summed E-state index contributed by atoms with van der Waals surface area (Å²) < 4.78 is 11.3. The number of unbranched alkanes of at least 4 members (excludes halogenated alkanes) is 1. The first-order chi connectivity index (χ1) is 7.86. The average molecular weight is 229 g/mol. The lowest BCUT2D eigenvalue weighted by atomic mass is 10.2. The predicted molar refractivity (Wildman–Crippen MR) is 66.8 cm³/mol. The molecule has 1 aliphatic rings. The summed E-state index contributed by atoms with van der Waals surface area (Å²) in [5.74, 6) is 0. The van der Waals surface area contributed by atoms with Crippen LogP contribution in [-0.2, 0) is 9.47 Å². The lowest BCUT2D eigenvalue weighted by Crippen LogP contribution is -2.27. The fourth-order valence-corrected chi connectivity index (χ4v) is 2.19. The Kier molecular flexibility index (Phi) is 7.81. The first kappa shape index (κ1) is 13.9. The molecule has 0 radical (unpaired) electrons. The second-order valence-electron chi connectivity index (χ2n) is 4.53. The van der Waals surface area contributed by atoms with Crippen molar-refractivity contribution in [3.63, 3.8) is 0 Å². The van der Waals surface area contributed by atoms with Crippen molar-refractivity contribution in [3.05, 3.63) is 0 Å². The molecule has 0 heterocycles. The maximum absolute atomic E-state index is 5.79. The van der Waals surface area contributed by atoms with Crippen LogP contribution in [-0.4, -0.2) is 38.5 Å². The summed E-state index contributed by atoms with van der Waals surface area (Å²) in [7, 11) is 0. The van der Waals surface area contributed by atoms with Crippen molar-refractivity contribution in [2.45, 2.75) is 58.1 Å². The van der Waals surface area contributed by atoms with E-state index in [4.69, 9.17) is 9.47 Å². The molecule has 1 N–H and O–H groups in total. The molecule has 0 saturated heterocycles. The minimum atomic E-state index is 0.457. The zero-order valence-corrected chi connectivity index (χ0v) is 10.8. The monoisotopic (exact) mass is 229 g/mol. The van der Waals surface area contributed by atoms with Crippen LogP contribution in [0.1, 0.15) is 46.0 Å². The third kappa shape index (κ3) is 5.83. The SMILES string of the molecule is CCCCOCCOC1CCC(NCC)C1. The Labute approximate surface area is 99.9 Å². The van der Waals surface area contributed by atoms with Gasteiger partial charge in [-0.15, -0.1) is 0 Å². The van der Waals surface area contributed by atoms with E-state index in [0.29, 0.717) is 12.1 Å². The molecule has 96 valence electrons. The molecule has 0 aliphatic heterocycles. The zero-order valence-electron chi connectivity index (χ0n) is 10.8. The highest BCUT2D eigenvalue weighted by atomic mass is 16.5. The van der Waals surface area contributed by atoms with E-state index < -0.39 is 0 Å². The van der Waals surface area contributed by atoms with Gasteiger partial charge in [0.2, 0.25) is 0 Å². The molecule has 0 spiro atoms. The van der Waals surface area contributed by atoms with Crippen LogP contribution < -0.4 is 5.32 Å². The Bertz CT molecular complexity index is 164. The smallest absolute Gasteiger partial charge is 0.0704 e. The number of ether oxygens (including phenoxy) is 2. The van der Waals surface area contributed by atoms with Crippen molar-refractivity contribution in [2.24, 2.45) is 0 Å². The quantitative estimate of drug-likeness (QED) is 0.616. The second kappa shape index (κ2) is 8.97. The molecule has 0 aromatic heterocycles. The standard InChI is InChI=1S/C13H27NO2/c1-3-5-8-15-9-10-16-13-7-6-12(11-13)14-4-2/h12-14H,3-11H2,1-2H3. The molecular formula is C13H27NO2. The van der Waals surface area contributed by atoms with Crippen LogP contribution in [0.25, 0.3) is 0 Å². The van der Waals surface area contributed by atoms with Gasteiger partial charge in [-0.2, -0.15) is 0 Å². The van der Waals surface area contributed by atoms with Gasteiger partial charge in [0.05, 0.1) is 19.3 Å². The highest BCUT2D eigenvalue weighted by Gasteiger charge is 2.23. The van der Waals surface area contributed by atoms with Crippen LogP contribution in [0.2, 0.25) is 0 Å². The maximum Gasteiger partial charge on any atom is 0.0704 e. The molecular weight excluding hydrogens is 202 g/mol. The first-order valence-corrected chi connectivity index (χ1v) is 6.79. The Morgan fingerprint density at radius 1 is 1.12 bits per heavy atom. The number of hydrogen-bond acceptors (Lipinski definition) is 3. The fourth-order valence-electron chi connectivity index (χ4n) is 2.19. The van der Waals surface area contributed by atoms with Crippen LogP contribution in [0.15, 0.2) is 0 Å². The minimum absolute atomic E-state index is 0.457. The van der Waals surface area contributed by atoms with E-state index in [0.717, 1.165) is 32.8 Å². The van der Waals surface area contributed by atoms with Crippen LogP contribution >= 0.6 is 0 Å². The Morgan fingerprint density at radius 3 is 2.75 bits per heavy atom. The molecule has 3 nitrogen and oxygen atoms in total. The van der Waals surface area contributed by atoms with E-state index in [1.165, 1.54) is 25.7 Å². The molecule has 0 aromatic rings. The van der Waals surface area contributed by atoms with Crippen molar-refractivity contribution in [3.8, 4) is 0 Å². The minimum Gasteiger partial charge on any atom is -0.379 e. The topological polar surface area (TPSA) is 30.5 Å². The molecule has 0 amide bonds. The van der Waals surface area contributed by atoms with E-state index in [9.17, 15) is 0 Å². The van der Waals surface area contributed by atoms with Crippen molar-refractivity contribution in [2.75, 3.05) is 26.4 Å². The van der Waals surface area contributed by atoms with Gasteiger partial charge < -0.3 is 14.8 Å². The second-order valence-corrected chi connectivity index (χ2v) is 4.53. The van der Waals surface area contributed by atoms with E-state index in [-0.39, 0.29) is 0 Å². The predicted octanol–water partition coefficient (Wildman–Crippen LogP) is 2.35. The van der Waals surface area contributed by atoms with Gasteiger partial charge in [-0.25, -0.2) is 0 Å². The van der Waals surface area contributed by atoms with Crippen LogP contribution in [0, 0.1) is 0 Å². The van der Waals surface area contributed by atoms with Crippen molar-refractivity contribution in [1.29, 1.82) is 0 Å². The van der Waals surface area contributed by atoms with Gasteiger partial charge in [0.15, 0.2) is 0 Å². The molecule has 0 aromatic carbocycles. The molecule has 2 atom stereocenters. The number of nitrogens with one attached hydrogen (secondary N) is 1. The van der Waals surface area contributed by atoms with Crippen molar-refractivity contribution >= 4 is 0 Å². The third-order valence-corrected chi connectivity index (χ3v) is 3.10. The van der Waals surface area contributed by atoms with Crippen LogP contribution in [0.5, 0.6) is 0 Å². The van der Waals surface area contributed by atoms with Gasteiger partial charge in [-0.1, -0.05) is 20.3 Å².